The number of hydrogen-bond acceptors (Lipinski definition) is 5. The van der Waals surface area contributed by atoms with Gasteiger partial charge in [-0.2, -0.15) is 5.10 Å². The minimum Gasteiger partial charge on any atom is -0.355 e. The van der Waals surface area contributed by atoms with E-state index >= 15 is 0 Å². The first-order valence-corrected chi connectivity index (χ1v) is 6.67. The molecule has 2 heterocycles. The second-order valence-electron chi connectivity index (χ2n) is 4.89. The van der Waals surface area contributed by atoms with E-state index in [1.54, 1.807) is 14.2 Å². The zero-order chi connectivity index (χ0) is 14.7. The molecule has 0 radical (unpaired) electrons. The minimum absolute atomic E-state index is 0.143. The van der Waals surface area contributed by atoms with Crippen molar-refractivity contribution in [2.45, 2.75) is 33.1 Å². The second-order valence-corrected chi connectivity index (χ2v) is 4.89. The van der Waals surface area contributed by atoms with Gasteiger partial charge in [-0.15, -0.1) is 0 Å². The molecule has 2 rings (SSSR count). The summed E-state index contributed by atoms with van der Waals surface area (Å²) in [5, 5.41) is 7.84. The third kappa shape index (κ3) is 2.98. The molecule has 0 fully saturated rings. The Labute approximate surface area is 119 Å². The molecular weight excluding hydrogens is 256 g/mol. The molecule has 2 aromatic rings. The summed E-state index contributed by atoms with van der Waals surface area (Å²) >= 11 is 0. The van der Waals surface area contributed by atoms with E-state index in [9.17, 15) is 0 Å². The summed E-state index contributed by atoms with van der Waals surface area (Å²) in [7, 11) is 3.26. The van der Waals surface area contributed by atoms with Crippen LogP contribution in [0.3, 0.4) is 0 Å². The second kappa shape index (κ2) is 6.30. The number of nitrogens with one attached hydrogen (secondary N) is 1. The van der Waals surface area contributed by atoms with Crippen molar-refractivity contribution in [1.82, 2.24) is 19.9 Å². The molecule has 20 heavy (non-hydrogen) atoms. The lowest BCUT2D eigenvalue weighted by Gasteiger charge is -2.20. The van der Waals surface area contributed by atoms with Gasteiger partial charge >= 0.3 is 0 Å². The maximum Gasteiger partial charge on any atom is 0.169 e. The van der Waals surface area contributed by atoms with Crippen LogP contribution in [0.1, 0.15) is 29.9 Å². The first-order valence-electron chi connectivity index (χ1n) is 6.67. The molecule has 0 aromatic carbocycles. The minimum atomic E-state index is -0.249. The lowest BCUT2D eigenvalue weighted by molar-refractivity contribution is -0.0997. The number of rotatable bonds is 6. The Morgan fingerprint density at radius 1 is 1.30 bits per heavy atom. The van der Waals surface area contributed by atoms with Crippen LogP contribution in [0.4, 0.5) is 0 Å². The van der Waals surface area contributed by atoms with Crippen molar-refractivity contribution in [3.63, 3.8) is 0 Å². The van der Waals surface area contributed by atoms with Gasteiger partial charge in [0.05, 0.1) is 5.69 Å². The molecule has 0 saturated heterocycles. The smallest absolute Gasteiger partial charge is 0.169 e. The van der Waals surface area contributed by atoms with Crippen LogP contribution in [-0.2, 0) is 9.47 Å². The summed E-state index contributed by atoms with van der Waals surface area (Å²) in [6.45, 7) is 6.73. The molecule has 110 valence electrons. The summed E-state index contributed by atoms with van der Waals surface area (Å²) in [6, 6.07) is 2.12. The van der Waals surface area contributed by atoms with Crippen molar-refractivity contribution in [2.24, 2.45) is 0 Å². The van der Waals surface area contributed by atoms with Crippen LogP contribution in [0.5, 0.6) is 0 Å². The Morgan fingerprint density at radius 3 is 2.65 bits per heavy atom. The molecule has 6 nitrogen and oxygen atoms in total. The number of hydrogen-bond donors (Lipinski definition) is 1. The largest absolute Gasteiger partial charge is 0.355 e. The first-order chi connectivity index (χ1) is 9.56. The third-order valence-electron chi connectivity index (χ3n) is 3.47. The van der Waals surface area contributed by atoms with Crippen LogP contribution in [0, 0.1) is 13.8 Å². The molecule has 0 amide bonds. The summed E-state index contributed by atoms with van der Waals surface area (Å²) in [5.41, 5.74) is 4.06. The van der Waals surface area contributed by atoms with E-state index in [1.165, 1.54) is 0 Å². The number of fused-ring (bicyclic) bond motifs is 1. The van der Waals surface area contributed by atoms with Gasteiger partial charge < -0.3 is 14.8 Å². The van der Waals surface area contributed by atoms with E-state index in [2.05, 4.69) is 29.2 Å². The fourth-order valence-electron chi connectivity index (χ4n) is 2.25. The van der Waals surface area contributed by atoms with Crippen LogP contribution in [0.25, 0.3) is 5.65 Å². The van der Waals surface area contributed by atoms with E-state index in [-0.39, 0.29) is 12.3 Å². The van der Waals surface area contributed by atoms with Gasteiger partial charge in [-0.1, -0.05) is 0 Å². The summed E-state index contributed by atoms with van der Waals surface area (Å²) in [6.07, 6.45) is 1.65. The van der Waals surface area contributed by atoms with Gasteiger partial charge in [0.2, 0.25) is 0 Å². The van der Waals surface area contributed by atoms with Crippen molar-refractivity contribution in [3.05, 3.63) is 29.2 Å². The average Bonchev–Trinajstić information content (AvgIpc) is 2.81. The van der Waals surface area contributed by atoms with E-state index in [4.69, 9.17) is 9.47 Å². The molecule has 0 aliphatic heterocycles. The number of aromatic nitrogens is 3. The van der Waals surface area contributed by atoms with E-state index in [0.717, 1.165) is 22.6 Å². The summed E-state index contributed by atoms with van der Waals surface area (Å²) < 4.78 is 12.2. The quantitative estimate of drug-likeness (QED) is 0.814. The molecule has 1 unspecified atom stereocenters. The fourth-order valence-corrected chi connectivity index (χ4v) is 2.25. The zero-order valence-corrected chi connectivity index (χ0v) is 12.7. The van der Waals surface area contributed by atoms with E-state index < -0.39 is 0 Å². The van der Waals surface area contributed by atoms with E-state index in [1.807, 2.05) is 23.7 Å². The Kier molecular flexibility index (Phi) is 4.69. The van der Waals surface area contributed by atoms with Crippen molar-refractivity contribution in [1.29, 1.82) is 0 Å². The van der Waals surface area contributed by atoms with Crippen LogP contribution in [0.2, 0.25) is 0 Å². The highest BCUT2D eigenvalue weighted by molar-refractivity contribution is 5.42. The highest BCUT2D eigenvalue weighted by Crippen LogP contribution is 2.18. The SMILES string of the molecule is COC(CNC(C)c1cnc2cc(C)nn2c1C)OC. The topological polar surface area (TPSA) is 60.7 Å². The Hall–Kier alpha value is -1.50. The van der Waals surface area contributed by atoms with Gasteiger partial charge in [0.25, 0.3) is 0 Å². The predicted octanol–water partition coefficient (Wildman–Crippen LogP) is 1.62. The normalized spacial score (nSPS) is 13.3. The molecule has 0 saturated carbocycles. The maximum atomic E-state index is 5.17. The number of nitrogens with zero attached hydrogens (tertiary/aromatic N) is 3. The molecule has 0 aliphatic rings. The average molecular weight is 278 g/mol. The zero-order valence-electron chi connectivity index (χ0n) is 12.7. The summed E-state index contributed by atoms with van der Waals surface area (Å²) in [4.78, 5) is 4.45. The summed E-state index contributed by atoms with van der Waals surface area (Å²) in [5.74, 6) is 0. The third-order valence-corrected chi connectivity index (χ3v) is 3.47. The van der Waals surface area contributed by atoms with Crippen molar-refractivity contribution < 1.29 is 9.47 Å². The van der Waals surface area contributed by atoms with Gasteiger partial charge in [0.15, 0.2) is 11.9 Å². The predicted molar refractivity (Wildman–Crippen MR) is 76.7 cm³/mol. The fraction of sp³-hybridized carbons (Fsp3) is 0.571. The van der Waals surface area contributed by atoms with Crippen LogP contribution < -0.4 is 5.32 Å². The van der Waals surface area contributed by atoms with Gasteiger partial charge in [-0.25, -0.2) is 9.50 Å². The molecule has 6 heteroatoms. The monoisotopic (exact) mass is 278 g/mol. The molecule has 0 bridgehead atoms. The number of aryl methyl sites for hydroxylation is 2. The van der Waals surface area contributed by atoms with Crippen LogP contribution >= 0.6 is 0 Å². The first kappa shape index (κ1) is 14.9. The van der Waals surface area contributed by atoms with Crippen LogP contribution in [-0.4, -0.2) is 41.7 Å². The van der Waals surface area contributed by atoms with Crippen molar-refractivity contribution in [2.75, 3.05) is 20.8 Å². The molecule has 1 atom stereocenters. The highest BCUT2D eigenvalue weighted by Gasteiger charge is 2.14. The molecule has 1 N–H and O–H groups in total. The number of methoxy groups -OCH3 is 2. The molecular formula is C14H22N4O2. The molecule has 0 aliphatic carbocycles. The van der Waals surface area contributed by atoms with Gasteiger partial charge in [-0.3, -0.25) is 0 Å². The maximum absolute atomic E-state index is 5.17. The van der Waals surface area contributed by atoms with Gasteiger partial charge in [-0.05, 0) is 20.8 Å². The highest BCUT2D eigenvalue weighted by atomic mass is 16.7. The molecule has 0 spiro atoms. The van der Waals surface area contributed by atoms with Gasteiger partial charge in [0.1, 0.15) is 0 Å². The number of ether oxygens (including phenoxy) is 2. The molecule has 2 aromatic heterocycles. The van der Waals surface area contributed by atoms with Crippen LogP contribution in [0.15, 0.2) is 12.3 Å². The lowest BCUT2D eigenvalue weighted by Crippen LogP contribution is -2.32. The Bertz CT molecular complexity index is 578. The Balaban J connectivity index is 2.17. The lowest BCUT2D eigenvalue weighted by atomic mass is 10.1. The Morgan fingerprint density at radius 2 is 2.00 bits per heavy atom. The van der Waals surface area contributed by atoms with E-state index in [0.29, 0.717) is 6.54 Å². The van der Waals surface area contributed by atoms with Gasteiger partial charge in [0, 0.05) is 50.3 Å². The van der Waals surface area contributed by atoms with Crippen molar-refractivity contribution >= 4 is 5.65 Å². The van der Waals surface area contributed by atoms with Crippen molar-refractivity contribution in [3.8, 4) is 0 Å². The standard InChI is InChI=1S/C14H22N4O2/c1-9-6-13-16-7-12(11(3)18(13)17-9)10(2)15-8-14(19-4)20-5/h6-7,10,14-15H,8H2,1-5H3.